The van der Waals surface area contributed by atoms with E-state index < -0.39 is 11.9 Å². The molecule has 0 fully saturated rings. The van der Waals surface area contributed by atoms with Crippen molar-refractivity contribution < 1.29 is 14.4 Å². The van der Waals surface area contributed by atoms with E-state index in [1.165, 1.54) is 4.90 Å². The predicted octanol–water partition coefficient (Wildman–Crippen LogP) is -0.592. The van der Waals surface area contributed by atoms with Crippen LogP contribution in [0.4, 0.5) is 0 Å². The summed E-state index contributed by atoms with van der Waals surface area (Å²) in [7, 11) is 1.63. The highest BCUT2D eigenvalue weighted by Crippen LogP contribution is 2.28. The molecule has 0 spiro atoms. The number of aromatic nitrogens is 2. The first-order valence-electron chi connectivity index (χ1n) is 6.27. The van der Waals surface area contributed by atoms with Gasteiger partial charge in [-0.1, -0.05) is 13.8 Å². The molecule has 1 atom stereocenters. The second-order valence-electron chi connectivity index (χ2n) is 5.05. The predicted molar refractivity (Wildman–Crippen MR) is 69.8 cm³/mol. The fourth-order valence-electron chi connectivity index (χ4n) is 2.31. The minimum absolute atomic E-state index is 0.00301. The third kappa shape index (κ3) is 2.13. The summed E-state index contributed by atoms with van der Waals surface area (Å²) in [5.41, 5.74) is 5.84. The summed E-state index contributed by atoms with van der Waals surface area (Å²) in [6.45, 7) is 3.79. The lowest BCUT2D eigenvalue weighted by molar-refractivity contribution is -0.135. The lowest BCUT2D eigenvalue weighted by atomic mass is 9.97. The van der Waals surface area contributed by atoms with Gasteiger partial charge in [0.25, 0.3) is 11.8 Å². The van der Waals surface area contributed by atoms with Crippen molar-refractivity contribution in [2.45, 2.75) is 19.9 Å². The molecule has 2 rings (SSSR count). The summed E-state index contributed by atoms with van der Waals surface area (Å²) >= 11 is 0. The molecule has 1 unspecified atom stereocenters. The van der Waals surface area contributed by atoms with Crippen LogP contribution < -0.4 is 11.1 Å². The van der Waals surface area contributed by atoms with Gasteiger partial charge in [-0.15, -0.1) is 0 Å². The van der Waals surface area contributed by atoms with E-state index in [1.807, 2.05) is 0 Å². The van der Waals surface area contributed by atoms with Crippen molar-refractivity contribution in [1.82, 2.24) is 20.4 Å². The monoisotopic (exact) mass is 279 g/mol. The maximum atomic E-state index is 12.1. The Bertz CT molecular complexity index is 564. The SMILES string of the molecule is CC(C)C(=O)N(C)C1CNC(=O)c2[nH]nc(C(N)=O)c21. The number of nitrogens with one attached hydrogen (secondary N) is 2. The Morgan fingerprint density at radius 1 is 1.45 bits per heavy atom. The molecule has 8 nitrogen and oxygen atoms in total. The van der Waals surface area contributed by atoms with Gasteiger partial charge in [0.15, 0.2) is 5.69 Å². The third-order valence-corrected chi connectivity index (χ3v) is 3.36. The number of hydrogen-bond donors (Lipinski definition) is 3. The second-order valence-corrected chi connectivity index (χ2v) is 5.05. The number of nitrogens with two attached hydrogens (primary N) is 1. The van der Waals surface area contributed by atoms with Crippen LogP contribution in [0.3, 0.4) is 0 Å². The Hall–Kier alpha value is -2.38. The van der Waals surface area contributed by atoms with Crippen LogP contribution in [0.25, 0.3) is 0 Å². The molecule has 4 N–H and O–H groups in total. The standard InChI is InChI=1S/C12H17N5O3/c1-5(2)12(20)17(3)6-4-14-11(19)9-7(6)8(10(13)18)15-16-9/h5-6H,4H2,1-3H3,(H2,13,18)(H,14,19)(H,15,16). The van der Waals surface area contributed by atoms with Gasteiger partial charge in [0, 0.05) is 25.1 Å². The van der Waals surface area contributed by atoms with E-state index in [1.54, 1.807) is 20.9 Å². The average molecular weight is 279 g/mol. The molecule has 0 saturated carbocycles. The number of likely N-dealkylation sites (N-methyl/N-ethyl adjacent to an activating group) is 1. The van der Waals surface area contributed by atoms with Crippen molar-refractivity contribution in [3.8, 4) is 0 Å². The summed E-state index contributed by atoms with van der Waals surface area (Å²) in [6.07, 6.45) is 0. The first kappa shape index (κ1) is 14.0. The summed E-state index contributed by atoms with van der Waals surface area (Å²) in [6, 6.07) is -0.459. The molecule has 1 aromatic rings. The molecule has 1 aliphatic rings. The van der Waals surface area contributed by atoms with Gasteiger partial charge in [0.1, 0.15) is 5.69 Å². The molecule has 0 bridgehead atoms. The van der Waals surface area contributed by atoms with Crippen molar-refractivity contribution in [3.05, 3.63) is 17.0 Å². The molecule has 0 aromatic carbocycles. The molecule has 0 aliphatic carbocycles. The highest BCUT2D eigenvalue weighted by Gasteiger charge is 2.36. The number of hydrogen-bond acceptors (Lipinski definition) is 4. The number of rotatable bonds is 3. The first-order valence-corrected chi connectivity index (χ1v) is 6.27. The van der Waals surface area contributed by atoms with E-state index in [0.29, 0.717) is 5.56 Å². The van der Waals surface area contributed by atoms with Crippen molar-refractivity contribution >= 4 is 17.7 Å². The van der Waals surface area contributed by atoms with E-state index in [2.05, 4.69) is 15.5 Å². The van der Waals surface area contributed by atoms with Crippen LogP contribution in [0.15, 0.2) is 0 Å². The number of nitrogens with zero attached hydrogens (tertiary/aromatic N) is 2. The Morgan fingerprint density at radius 2 is 2.10 bits per heavy atom. The van der Waals surface area contributed by atoms with Crippen molar-refractivity contribution in [1.29, 1.82) is 0 Å². The van der Waals surface area contributed by atoms with E-state index in [9.17, 15) is 14.4 Å². The summed E-state index contributed by atoms with van der Waals surface area (Å²) < 4.78 is 0. The molecule has 0 saturated heterocycles. The third-order valence-electron chi connectivity index (χ3n) is 3.36. The molecule has 2 heterocycles. The number of carbonyl (C=O) groups excluding carboxylic acids is 3. The molecular formula is C12H17N5O3. The Balaban J connectivity index is 2.47. The average Bonchev–Trinajstić information content (AvgIpc) is 2.83. The van der Waals surface area contributed by atoms with Crippen LogP contribution in [0, 0.1) is 5.92 Å². The van der Waals surface area contributed by atoms with Crippen LogP contribution in [-0.2, 0) is 4.79 Å². The minimum atomic E-state index is -0.729. The molecular weight excluding hydrogens is 262 g/mol. The topological polar surface area (TPSA) is 121 Å². The Labute approximate surface area is 115 Å². The number of aromatic amines is 1. The van der Waals surface area contributed by atoms with Gasteiger partial charge in [-0.05, 0) is 0 Å². The zero-order valence-electron chi connectivity index (χ0n) is 11.6. The maximum Gasteiger partial charge on any atom is 0.269 e. The fraction of sp³-hybridized carbons (Fsp3) is 0.500. The Morgan fingerprint density at radius 3 is 2.65 bits per heavy atom. The highest BCUT2D eigenvalue weighted by molar-refractivity contribution is 6.01. The second kappa shape index (κ2) is 4.95. The highest BCUT2D eigenvalue weighted by atomic mass is 16.2. The Kier molecular flexibility index (Phi) is 3.47. The first-order chi connectivity index (χ1) is 9.34. The molecule has 108 valence electrons. The zero-order valence-corrected chi connectivity index (χ0v) is 11.6. The van der Waals surface area contributed by atoms with Crippen molar-refractivity contribution in [2.75, 3.05) is 13.6 Å². The van der Waals surface area contributed by atoms with Crippen LogP contribution in [0.2, 0.25) is 0 Å². The van der Waals surface area contributed by atoms with E-state index in [4.69, 9.17) is 5.73 Å². The normalized spacial score (nSPS) is 17.6. The fourth-order valence-corrected chi connectivity index (χ4v) is 2.31. The molecule has 0 radical (unpaired) electrons. The number of H-pyrrole nitrogens is 1. The molecule has 1 aliphatic heterocycles. The van der Waals surface area contributed by atoms with Gasteiger partial charge in [0.2, 0.25) is 5.91 Å². The van der Waals surface area contributed by atoms with Crippen molar-refractivity contribution in [2.24, 2.45) is 11.7 Å². The lowest BCUT2D eigenvalue weighted by Crippen LogP contribution is -2.45. The molecule has 3 amide bonds. The minimum Gasteiger partial charge on any atom is -0.364 e. The van der Waals surface area contributed by atoms with Crippen LogP contribution in [0.5, 0.6) is 0 Å². The lowest BCUT2D eigenvalue weighted by Gasteiger charge is -2.32. The number of carbonyl (C=O) groups is 3. The van der Waals surface area contributed by atoms with Crippen LogP contribution in [0.1, 0.15) is 46.4 Å². The molecule has 1 aromatic heterocycles. The summed E-state index contributed by atoms with van der Waals surface area (Å²) in [5.74, 6) is -1.37. The van der Waals surface area contributed by atoms with Gasteiger partial charge < -0.3 is 16.0 Å². The smallest absolute Gasteiger partial charge is 0.269 e. The number of amides is 3. The van der Waals surface area contributed by atoms with E-state index in [0.717, 1.165) is 0 Å². The maximum absolute atomic E-state index is 12.1. The van der Waals surface area contributed by atoms with Crippen LogP contribution >= 0.6 is 0 Å². The number of primary amides is 1. The molecule has 20 heavy (non-hydrogen) atoms. The van der Waals surface area contributed by atoms with E-state index >= 15 is 0 Å². The number of fused-ring (bicyclic) bond motifs is 1. The van der Waals surface area contributed by atoms with Gasteiger partial charge >= 0.3 is 0 Å². The van der Waals surface area contributed by atoms with Gasteiger partial charge in [0.05, 0.1) is 6.04 Å². The molecule has 8 heteroatoms. The van der Waals surface area contributed by atoms with Gasteiger partial charge in [-0.3, -0.25) is 19.5 Å². The quantitative estimate of drug-likeness (QED) is 0.684. The zero-order chi connectivity index (χ0) is 15.0. The van der Waals surface area contributed by atoms with Crippen LogP contribution in [-0.4, -0.2) is 46.4 Å². The van der Waals surface area contributed by atoms with Gasteiger partial charge in [-0.25, -0.2) is 0 Å². The van der Waals surface area contributed by atoms with E-state index in [-0.39, 0.29) is 35.7 Å². The van der Waals surface area contributed by atoms with Gasteiger partial charge in [-0.2, -0.15) is 5.10 Å². The largest absolute Gasteiger partial charge is 0.364 e. The summed E-state index contributed by atoms with van der Waals surface area (Å²) in [4.78, 5) is 36.8. The van der Waals surface area contributed by atoms with Crippen molar-refractivity contribution in [3.63, 3.8) is 0 Å². The summed E-state index contributed by atoms with van der Waals surface area (Å²) in [5, 5.41) is 8.95.